The quantitative estimate of drug-likeness (QED) is 0.592. The van der Waals surface area contributed by atoms with Gasteiger partial charge in [0.1, 0.15) is 11.6 Å². The number of likely N-dealkylation sites (tertiary alicyclic amines) is 1. The highest BCUT2D eigenvalue weighted by atomic mass is 16.5. The summed E-state index contributed by atoms with van der Waals surface area (Å²) < 4.78 is 6.36. The van der Waals surface area contributed by atoms with E-state index >= 15 is 0 Å². The fraction of sp³-hybridized carbons (Fsp3) is 0.625. The summed E-state index contributed by atoms with van der Waals surface area (Å²) in [5.74, 6) is -2.15. The number of rotatable bonds is 7. The third-order valence-electron chi connectivity index (χ3n) is 7.31. The first kappa shape index (κ1) is 22.7. The topological polar surface area (TPSA) is 108 Å². The maximum absolute atomic E-state index is 13.7. The van der Waals surface area contributed by atoms with Crippen molar-refractivity contribution < 1.29 is 24.2 Å². The summed E-state index contributed by atoms with van der Waals surface area (Å²) >= 11 is 0. The zero-order valence-corrected chi connectivity index (χ0v) is 19.2. The Labute approximate surface area is 188 Å². The van der Waals surface area contributed by atoms with Crippen LogP contribution in [0.1, 0.15) is 44.2 Å². The maximum Gasteiger partial charge on any atom is 0.250 e. The van der Waals surface area contributed by atoms with Gasteiger partial charge in [-0.3, -0.25) is 14.4 Å². The van der Waals surface area contributed by atoms with Crippen molar-refractivity contribution in [1.29, 1.82) is 0 Å². The lowest BCUT2D eigenvalue weighted by Gasteiger charge is -2.35. The highest BCUT2D eigenvalue weighted by Crippen LogP contribution is 2.58. The molecule has 3 fully saturated rings. The maximum atomic E-state index is 13.7. The van der Waals surface area contributed by atoms with Gasteiger partial charge in [-0.15, -0.1) is 0 Å². The average molecular weight is 444 g/mol. The Morgan fingerprint density at radius 1 is 1.28 bits per heavy atom. The third kappa shape index (κ3) is 3.31. The van der Waals surface area contributed by atoms with Gasteiger partial charge in [-0.05, 0) is 51.2 Å². The number of carbonyl (C=O) groups excluding carboxylic acids is 3. The molecular weight excluding hydrogens is 410 g/mol. The fourth-order valence-electron chi connectivity index (χ4n) is 5.82. The number of anilines is 1. The molecule has 0 saturated carbocycles. The van der Waals surface area contributed by atoms with Crippen molar-refractivity contribution in [2.75, 3.05) is 18.5 Å². The van der Waals surface area contributed by atoms with Crippen LogP contribution in [-0.2, 0) is 19.1 Å². The average Bonchev–Trinajstić information content (AvgIpc) is 3.41. The molecule has 32 heavy (non-hydrogen) atoms. The molecule has 3 amide bonds. The van der Waals surface area contributed by atoms with Crippen molar-refractivity contribution in [1.82, 2.24) is 10.2 Å². The van der Waals surface area contributed by atoms with Crippen LogP contribution in [0.3, 0.4) is 0 Å². The lowest BCUT2D eigenvalue weighted by atomic mass is 9.70. The van der Waals surface area contributed by atoms with E-state index in [1.165, 1.54) is 4.90 Å². The number of hydrogen-bond donors (Lipinski definition) is 3. The first-order valence-electron chi connectivity index (χ1n) is 11.5. The van der Waals surface area contributed by atoms with Gasteiger partial charge in [0.05, 0.1) is 30.6 Å². The normalized spacial score (nSPS) is 31.5. The van der Waals surface area contributed by atoms with Crippen molar-refractivity contribution in [2.24, 2.45) is 11.8 Å². The second-order valence-electron chi connectivity index (χ2n) is 9.38. The monoisotopic (exact) mass is 443 g/mol. The first-order chi connectivity index (χ1) is 15.3. The molecule has 3 aliphatic heterocycles. The summed E-state index contributed by atoms with van der Waals surface area (Å²) in [5, 5.41) is 15.8. The lowest BCUT2D eigenvalue weighted by Crippen LogP contribution is -2.55. The largest absolute Gasteiger partial charge is 0.394 e. The fourth-order valence-corrected chi connectivity index (χ4v) is 5.82. The Bertz CT molecular complexity index is 914. The molecule has 3 heterocycles. The molecule has 6 atom stereocenters. The molecule has 3 aliphatic rings. The molecule has 1 aromatic rings. The summed E-state index contributed by atoms with van der Waals surface area (Å²) in [7, 11) is 0. The van der Waals surface area contributed by atoms with Crippen LogP contribution in [0.25, 0.3) is 0 Å². The van der Waals surface area contributed by atoms with Crippen LogP contribution < -0.4 is 10.6 Å². The van der Waals surface area contributed by atoms with Gasteiger partial charge in [-0.25, -0.2) is 0 Å². The summed E-state index contributed by atoms with van der Waals surface area (Å²) in [5.41, 5.74) is 1.50. The molecule has 0 aromatic heterocycles. The van der Waals surface area contributed by atoms with Crippen LogP contribution in [0.15, 0.2) is 18.2 Å². The summed E-state index contributed by atoms with van der Waals surface area (Å²) in [6.07, 6.45) is 1.58. The Morgan fingerprint density at radius 2 is 1.97 bits per heavy atom. The minimum atomic E-state index is -1.06. The third-order valence-corrected chi connectivity index (χ3v) is 7.31. The number of aliphatic hydroxyl groups is 1. The highest BCUT2D eigenvalue weighted by molar-refractivity contribution is 6.04. The predicted octanol–water partition coefficient (Wildman–Crippen LogP) is 1.52. The molecule has 174 valence electrons. The highest BCUT2D eigenvalue weighted by Gasteiger charge is 2.74. The van der Waals surface area contributed by atoms with E-state index in [9.17, 15) is 19.5 Å². The minimum absolute atomic E-state index is 0.191. The number of para-hydroxylation sites is 1. The number of aryl methyl sites for hydroxylation is 2. The molecule has 0 aliphatic carbocycles. The van der Waals surface area contributed by atoms with E-state index < -0.39 is 29.5 Å². The van der Waals surface area contributed by atoms with Gasteiger partial charge in [0, 0.05) is 12.2 Å². The van der Waals surface area contributed by atoms with E-state index in [0.29, 0.717) is 25.1 Å². The molecule has 1 spiro atoms. The number of nitrogens with one attached hydrogen (secondary N) is 2. The molecular formula is C24H33N3O5. The van der Waals surface area contributed by atoms with Gasteiger partial charge in [0.2, 0.25) is 17.7 Å². The molecule has 8 heteroatoms. The Balaban J connectivity index is 1.72. The van der Waals surface area contributed by atoms with Crippen LogP contribution in [0.2, 0.25) is 0 Å². The molecule has 0 radical (unpaired) electrons. The number of benzene rings is 1. The second-order valence-corrected chi connectivity index (χ2v) is 9.38. The zero-order valence-electron chi connectivity index (χ0n) is 19.2. The number of amides is 3. The Morgan fingerprint density at radius 3 is 2.59 bits per heavy atom. The number of ether oxygens (including phenoxy) is 1. The van der Waals surface area contributed by atoms with Crippen molar-refractivity contribution in [3.63, 3.8) is 0 Å². The number of fused-ring (bicyclic) bond motifs is 1. The molecule has 8 nitrogen and oxygen atoms in total. The second kappa shape index (κ2) is 8.48. The molecule has 4 rings (SSSR count). The van der Waals surface area contributed by atoms with Gasteiger partial charge >= 0.3 is 0 Å². The molecule has 2 bridgehead atoms. The van der Waals surface area contributed by atoms with Gasteiger partial charge < -0.3 is 25.4 Å². The smallest absolute Gasteiger partial charge is 0.250 e. The van der Waals surface area contributed by atoms with E-state index in [1.807, 2.05) is 39.0 Å². The van der Waals surface area contributed by atoms with Crippen molar-refractivity contribution >= 4 is 23.4 Å². The molecule has 2 unspecified atom stereocenters. The molecule has 3 N–H and O–H groups in total. The van der Waals surface area contributed by atoms with E-state index in [4.69, 9.17) is 4.74 Å². The number of nitrogens with zero attached hydrogens (tertiary/aromatic N) is 1. The SMILES string of the molecule is CCCNC(=O)[C@@H]1[C@H]2C(=O)N([C@H](C)CO)C(C(=O)Nc3c(C)cccc3C)C23CC[C@H]1O3. The standard InChI is InChI=1S/C24H33N3O5/c1-5-11-25-21(29)17-16-9-10-24(32-16)18(17)23(31)27(15(4)12-28)20(24)22(30)26-19-13(2)7-6-8-14(19)3/h6-8,15-18,20,28H,5,9-12H2,1-4H3,(H,25,29)(H,26,30)/t15-,16-,17+,18+,20?,24?/m1/s1. The van der Waals surface area contributed by atoms with E-state index in [-0.39, 0.29) is 30.4 Å². The lowest BCUT2D eigenvalue weighted by molar-refractivity contribution is -0.143. The Kier molecular flexibility index (Phi) is 6.02. The molecule has 3 saturated heterocycles. The van der Waals surface area contributed by atoms with Crippen LogP contribution in [-0.4, -0.2) is 64.7 Å². The van der Waals surface area contributed by atoms with Crippen LogP contribution in [0.5, 0.6) is 0 Å². The Hall–Kier alpha value is -2.45. The van der Waals surface area contributed by atoms with Crippen molar-refractivity contribution in [3.05, 3.63) is 29.3 Å². The zero-order chi connectivity index (χ0) is 23.2. The number of carbonyl (C=O) groups is 3. The van der Waals surface area contributed by atoms with Gasteiger partial charge in [-0.1, -0.05) is 25.1 Å². The van der Waals surface area contributed by atoms with Crippen molar-refractivity contribution in [3.8, 4) is 0 Å². The summed E-state index contributed by atoms with van der Waals surface area (Å²) in [6, 6.07) is 4.29. The van der Waals surface area contributed by atoms with Gasteiger partial charge in [-0.2, -0.15) is 0 Å². The van der Waals surface area contributed by atoms with Crippen LogP contribution >= 0.6 is 0 Å². The molecule has 1 aromatic carbocycles. The van der Waals surface area contributed by atoms with Crippen LogP contribution in [0.4, 0.5) is 5.69 Å². The van der Waals surface area contributed by atoms with Gasteiger partial charge in [0.15, 0.2) is 0 Å². The predicted molar refractivity (Wildman–Crippen MR) is 119 cm³/mol. The summed E-state index contributed by atoms with van der Waals surface area (Å²) in [4.78, 5) is 41.8. The number of hydrogen-bond acceptors (Lipinski definition) is 5. The van der Waals surface area contributed by atoms with Crippen LogP contribution in [0, 0.1) is 25.7 Å². The first-order valence-corrected chi connectivity index (χ1v) is 11.5. The number of aliphatic hydroxyl groups excluding tert-OH is 1. The minimum Gasteiger partial charge on any atom is -0.394 e. The van der Waals surface area contributed by atoms with Crippen molar-refractivity contribution in [2.45, 2.75) is 70.7 Å². The van der Waals surface area contributed by atoms with E-state index in [0.717, 1.165) is 17.5 Å². The van der Waals surface area contributed by atoms with E-state index in [1.54, 1.807) is 6.92 Å². The van der Waals surface area contributed by atoms with Gasteiger partial charge in [0.25, 0.3) is 0 Å². The van der Waals surface area contributed by atoms with E-state index in [2.05, 4.69) is 10.6 Å². The summed E-state index contributed by atoms with van der Waals surface area (Å²) in [6.45, 7) is 7.78.